The number of hydrogen-bond donors (Lipinski definition) is 1. The second-order valence-electron chi connectivity index (χ2n) is 2.58. The SMILES string of the molecule is CS(=O)(=O)Cc1ncc(Br)c(=O)[nH]1. The second kappa shape index (κ2) is 3.59. The predicted molar refractivity (Wildman–Crippen MR) is 51.1 cm³/mol. The third kappa shape index (κ3) is 3.27. The Hall–Kier alpha value is -0.690. The van der Waals surface area contributed by atoms with Crippen LogP contribution in [0.15, 0.2) is 15.5 Å². The van der Waals surface area contributed by atoms with Gasteiger partial charge in [-0.2, -0.15) is 0 Å². The first-order chi connectivity index (χ1) is 5.88. The van der Waals surface area contributed by atoms with Gasteiger partial charge in [-0.1, -0.05) is 0 Å². The highest BCUT2D eigenvalue weighted by Crippen LogP contribution is 2.00. The molecule has 72 valence electrons. The standard InChI is InChI=1S/C6H7BrN2O3S/c1-13(11,12)3-5-8-2-4(7)6(10)9-5/h2H,3H2,1H3,(H,8,9,10). The number of H-pyrrole nitrogens is 1. The van der Waals surface area contributed by atoms with Gasteiger partial charge >= 0.3 is 0 Å². The summed E-state index contributed by atoms with van der Waals surface area (Å²) in [6.07, 6.45) is 2.36. The van der Waals surface area contributed by atoms with Gasteiger partial charge in [0.1, 0.15) is 16.0 Å². The summed E-state index contributed by atoms with van der Waals surface area (Å²) >= 11 is 2.95. The second-order valence-corrected chi connectivity index (χ2v) is 5.57. The number of hydrogen-bond acceptors (Lipinski definition) is 4. The molecule has 1 aromatic rings. The molecule has 0 atom stereocenters. The van der Waals surface area contributed by atoms with Gasteiger partial charge in [0.25, 0.3) is 5.56 Å². The molecular formula is C6H7BrN2O3S. The Balaban J connectivity index is 3.06. The largest absolute Gasteiger partial charge is 0.309 e. The maximum absolute atomic E-state index is 11.0. The maximum Gasteiger partial charge on any atom is 0.265 e. The van der Waals surface area contributed by atoms with E-state index in [0.717, 1.165) is 6.26 Å². The van der Waals surface area contributed by atoms with E-state index in [4.69, 9.17) is 0 Å². The average molecular weight is 267 g/mol. The fraction of sp³-hybridized carbons (Fsp3) is 0.333. The minimum Gasteiger partial charge on any atom is -0.309 e. The van der Waals surface area contributed by atoms with Crippen LogP contribution in [0, 0.1) is 0 Å². The lowest BCUT2D eigenvalue weighted by Gasteiger charge is -1.97. The summed E-state index contributed by atoms with van der Waals surface area (Å²) in [4.78, 5) is 17.1. The normalized spacial score (nSPS) is 11.5. The van der Waals surface area contributed by atoms with Gasteiger partial charge in [0.15, 0.2) is 9.84 Å². The van der Waals surface area contributed by atoms with E-state index in [0.29, 0.717) is 0 Å². The number of nitrogens with zero attached hydrogens (tertiary/aromatic N) is 1. The lowest BCUT2D eigenvalue weighted by molar-refractivity contribution is 0.599. The average Bonchev–Trinajstić information content (AvgIpc) is 1.94. The molecule has 0 aromatic carbocycles. The Bertz CT molecular complexity index is 465. The number of halogens is 1. The predicted octanol–water partition coefficient (Wildman–Crippen LogP) is 0.0770. The van der Waals surface area contributed by atoms with Gasteiger partial charge in [-0.05, 0) is 15.9 Å². The highest BCUT2D eigenvalue weighted by Gasteiger charge is 2.07. The molecular weight excluding hydrogens is 260 g/mol. The molecule has 7 heteroatoms. The van der Waals surface area contributed by atoms with Crippen molar-refractivity contribution in [2.75, 3.05) is 6.26 Å². The first kappa shape index (κ1) is 10.4. The van der Waals surface area contributed by atoms with Crippen LogP contribution in [0.3, 0.4) is 0 Å². The van der Waals surface area contributed by atoms with Gasteiger partial charge in [0.05, 0.1) is 0 Å². The van der Waals surface area contributed by atoms with Crippen molar-refractivity contribution in [2.24, 2.45) is 0 Å². The van der Waals surface area contributed by atoms with Crippen LogP contribution in [0.5, 0.6) is 0 Å². The number of rotatable bonds is 2. The van der Waals surface area contributed by atoms with Crippen molar-refractivity contribution in [3.05, 3.63) is 26.8 Å². The summed E-state index contributed by atoms with van der Waals surface area (Å²) in [7, 11) is -3.15. The van der Waals surface area contributed by atoms with Gasteiger partial charge in [0.2, 0.25) is 0 Å². The first-order valence-corrected chi connectivity index (χ1v) is 6.15. The summed E-state index contributed by atoms with van der Waals surface area (Å²) in [5.74, 6) is -0.106. The van der Waals surface area contributed by atoms with Gasteiger partial charge < -0.3 is 4.98 Å². The van der Waals surface area contributed by atoms with Crippen molar-refractivity contribution >= 4 is 25.8 Å². The molecule has 13 heavy (non-hydrogen) atoms. The van der Waals surface area contributed by atoms with Gasteiger partial charge in [-0.25, -0.2) is 13.4 Å². The highest BCUT2D eigenvalue weighted by molar-refractivity contribution is 9.10. The fourth-order valence-corrected chi connectivity index (χ4v) is 1.58. The molecule has 0 fully saturated rings. The molecule has 0 spiro atoms. The Kier molecular flexibility index (Phi) is 2.87. The smallest absolute Gasteiger partial charge is 0.265 e. The van der Waals surface area contributed by atoms with E-state index in [1.807, 2.05) is 0 Å². The Labute approximate surface area is 83.3 Å². The van der Waals surface area contributed by atoms with E-state index in [9.17, 15) is 13.2 Å². The molecule has 1 N–H and O–H groups in total. The number of aromatic amines is 1. The van der Waals surface area contributed by atoms with Crippen LogP contribution in [-0.4, -0.2) is 24.6 Å². The first-order valence-electron chi connectivity index (χ1n) is 3.30. The molecule has 0 aliphatic carbocycles. The van der Waals surface area contributed by atoms with Gasteiger partial charge in [-0.15, -0.1) is 0 Å². The fourth-order valence-electron chi connectivity index (χ4n) is 0.738. The zero-order chi connectivity index (χ0) is 10.1. The van der Waals surface area contributed by atoms with Crippen molar-refractivity contribution in [1.29, 1.82) is 0 Å². The minimum atomic E-state index is -3.15. The maximum atomic E-state index is 11.0. The highest BCUT2D eigenvalue weighted by atomic mass is 79.9. The van der Waals surface area contributed by atoms with Crippen LogP contribution >= 0.6 is 15.9 Å². The van der Waals surface area contributed by atoms with E-state index < -0.39 is 9.84 Å². The van der Waals surface area contributed by atoms with E-state index in [1.165, 1.54) is 6.20 Å². The topological polar surface area (TPSA) is 79.9 Å². The molecule has 0 bridgehead atoms. The molecule has 5 nitrogen and oxygen atoms in total. The van der Waals surface area contributed by atoms with Crippen LogP contribution < -0.4 is 5.56 Å². The van der Waals surface area contributed by atoms with Crippen molar-refractivity contribution in [2.45, 2.75) is 5.75 Å². The molecule has 1 aromatic heterocycles. The zero-order valence-electron chi connectivity index (χ0n) is 6.74. The van der Waals surface area contributed by atoms with Gasteiger partial charge in [-0.3, -0.25) is 4.79 Å². The minimum absolute atomic E-state index is 0.149. The molecule has 1 rings (SSSR count). The van der Waals surface area contributed by atoms with Crippen LogP contribution in [0.25, 0.3) is 0 Å². The summed E-state index contributed by atoms with van der Waals surface area (Å²) in [6.45, 7) is 0. The number of nitrogens with one attached hydrogen (secondary N) is 1. The lowest BCUT2D eigenvalue weighted by atomic mass is 10.6. The molecule has 0 saturated heterocycles. The molecule has 1 heterocycles. The Morgan fingerprint density at radius 2 is 2.23 bits per heavy atom. The third-order valence-electron chi connectivity index (χ3n) is 1.21. The molecule has 0 radical (unpaired) electrons. The van der Waals surface area contributed by atoms with E-state index in [2.05, 4.69) is 25.9 Å². The monoisotopic (exact) mass is 266 g/mol. The molecule has 0 amide bonds. The van der Waals surface area contributed by atoms with Crippen LogP contribution in [0.4, 0.5) is 0 Å². The van der Waals surface area contributed by atoms with E-state index in [1.54, 1.807) is 0 Å². The molecule has 0 unspecified atom stereocenters. The Morgan fingerprint density at radius 1 is 1.62 bits per heavy atom. The number of aromatic nitrogens is 2. The van der Waals surface area contributed by atoms with Gasteiger partial charge in [0, 0.05) is 12.5 Å². The lowest BCUT2D eigenvalue weighted by Crippen LogP contribution is -2.14. The molecule has 0 aliphatic rings. The van der Waals surface area contributed by atoms with E-state index in [-0.39, 0.29) is 21.6 Å². The van der Waals surface area contributed by atoms with Crippen LogP contribution in [0.1, 0.15) is 5.82 Å². The Morgan fingerprint density at radius 3 is 2.69 bits per heavy atom. The van der Waals surface area contributed by atoms with Crippen molar-refractivity contribution in [3.8, 4) is 0 Å². The number of sulfone groups is 1. The quantitative estimate of drug-likeness (QED) is 0.822. The van der Waals surface area contributed by atoms with Crippen LogP contribution in [-0.2, 0) is 15.6 Å². The van der Waals surface area contributed by atoms with Crippen LogP contribution in [0.2, 0.25) is 0 Å². The van der Waals surface area contributed by atoms with Crippen molar-refractivity contribution in [1.82, 2.24) is 9.97 Å². The van der Waals surface area contributed by atoms with Crippen molar-refractivity contribution < 1.29 is 8.42 Å². The third-order valence-corrected chi connectivity index (χ3v) is 2.57. The molecule has 0 saturated carbocycles. The zero-order valence-corrected chi connectivity index (χ0v) is 9.15. The van der Waals surface area contributed by atoms with Crippen molar-refractivity contribution in [3.63, 3.8) is 0 Å². The summed E-state index contributed by atoms with van der Waals surface area (Å²) < 4.78 is 21.9. The summed E-state index contributed by atoms with van der Waals surface area (Å²) in [5.41, 5.74) is -0.381. The summed E-state index contributed by atoms with van der Waals surface area (Å²) in [5, 5.41) is 0. The summed E-state index contributed by atoms with van der Waals surface area (Å²) in [6, 6.07) is 0. The molecule has 0 aliphatic heterocycles. The van der Waals surface area contributed by atoms with E-state index >= 15 is 0 Å².